The number of hydrogen-bond acceptors (Lipinski definition) is 5. The van der Waals surface area contributed by atoms with Crippen molar-refractivity contribution in [1.82, 2.24) is 5.32 Å². The Bertz CT molecular complexity index is 721. The SMILES string of the molecule is CCOC(=O)c1cc(O[C@H]2C[C@H](NC(=O)OC(C)(C)C)C2)ccc1C(F)(F)F. The van der Waals surface area contributed by atoms with Gasteiger partial charge < -0.3 is 19.5 Å². The molecule has 1 aliphatic rings. The molecule has 1 aromatic rings. The molecule has 1 aliphatic carbocycles. The molecular formula is C19H24F3NO5. The van der Waals surface area contributed by atoms with Gasteiger partial charge in [-0.2, -0.15) is 13.2 Å². The van der Waals surface area contributed by atoms with Crippen molar-refractivity contribution >= 4 is 12.1 Å². The number of esters is 1. The molecule has 0 bridgehead atoms. The molecule has 2 rings (SSSR count). The predicted octanol–water partition coefficient (Wildman–Crippen LogP) is 4.32. The van der Waals surface area contributed by atoms with Gasteiger partial charge in [-0.3, -0.25) is 0 Å². The Hall–Kier alpha value is -2.45. The van der Waals surface area contributed by atoms with E-state index in [1.165, 1.54) is 13.0 Å². The monoisotopic (exact) mass is 403 g/mol. The number of carbonyl (C=O) groups is 2. The van der Waals surface area contributed by atoms with Crippen LogP contribution in [0.15, 0.2) is 18.2 Å². The van der Waals surface area contributed by atoms with Crippen LogP contribution in [0.5, 0.6) is 5.75 Å². The van der Waals surface area contributed by atoms with Crippen molar-refractivity contribution in [2.75, 3.05) is 6.61 Å². The molecule has 0 unspecified atom stereocenters. The van der Waals surface area contributed by atoms with Gasteiger partial charge in [0.05, 0.1) is 17.7 Å². The molecule has 0 aliphatic heterocycles. The van der Waals surface area contributed by atoms with E-state index in [0.29, 0.717) is 12.8 Å². The molecule has 0 spiro atoms. The Morgan fingerprint density at radius 2 is 1.82 bits per heavy atom. The summed E-state index contributed by atoms with van der Waals surface area (Å²) in [4.78, 5) is 23.6. The van der Waals surface area contributed by atoms with E-state index in [1.807, 2.05) is 0 Å². The van der Waals surface area contributed by atoms with E-state index in [1.54, 1.807) is 20.8 Å². The first kappa shape index (κ1) is 21.8. The van der Waals surface area contributed by atoms with Crippen molar-refractivity contribution in [2.24, 2.45) is 0 Å². The zero-order valence-corrected chi connectivity index (χ0v) is 16.2. The van der Waals surface area contributed by atoms with E-state index < -0.39 is 35.0 Å². The molecule has 0 saturated heterocycles. The first-order chi connectivity index (χ1) is 12.9. The van der Waals surface area contributed by atoms with Gasteiger partial charge in [0.2, 0.25) is 0 Å². The molecule has 1 fully saturated rings. The highest BCUT2D eigenvalue weighted by atomic mass is 19.4. The Kier molecular flexibility index (Phi) is 6.46. The standard InChI is InChI=1S/C19H24F3NO5/c1-5-26-16(24)14-10-12(6-7-15(14)19(20,21)22)27-13-8-11(9-13)23-17(25)28-18(2,3)4/h6-7,10-11,13H,5,8-9H2,1-4H3,(H,23,25)/t11-,13-. The Morgan fingerprint density at radius 3 is 2.36 bits per heavy atom. The van der Waals surface area contributed by atoms with Crippen LogP contribution in [0.3, 0.4) is 0 Å². The summed E-state index contributed by atoms with van der Waals surface area (Å²) in [5.41, 5.74) is -2.26. The van der Waals surface area contributed by atoms with E-state index in [4.69, 9.17) is 14.2 Å². The van der Waals surface area contributed by atoms with Gasteiger partial charge >= 0.3 is 18.2 Å². The van der Waals surface area contributed by atoms with Crippen LogP contribution in [0.25, 0.3) is 0 Å². The van der Waals surface area contributed by atoms with Gasteiger partial charge in [0.25, 0.3) is 0 Å². The minimum Gasteiger partial charge on any atom is -0.490 e. The number of amides is 1. The number of alkyl halides is 3. The number of ether oxygens (including phenoxy) is 3. The van der Waals surface area contributed by atoms with Gasteiger partial charge in [0, 0.05) is 18.9 Å². The van der Waals surface area contributed by atoms with E-state index in [2.05, 4.69) is 5.32 Å². The lowest BCUT2D eigenvalue weighted by Crippen LogP contribution is -2.50. The second kappa shape index (κ2) is 8.28. The molecule has 0 radical (unpaired) electrons. The van der Waals surface area contributed by atoms with Crippen molar-refractivity contribution in [3.05, 3.63) is 29.3 Å². The average molecular weight is 403 g/mol. The molecule has 0 atom stereocenters. The number of halogens is 3. The number of carbonyl (C=O) groups excluding carboxylic acids is 2. The van der Waals surface area contributed by atoms with Crippen LogP contribution in [-0.4, -0.2) is 36.4 Å². The maximum absolute atomic E-state index is 13.1. The third-order valence-corrected chi connectivity index (χ3v) is 3.91. The molecule has 6 nitrogen and oxygen atoms in total. The van der Waals surface area contributed by atoms with Crippen LogP contribution in [0.1, 0.15) is 56.5 Å². The van der Waals surface area contributed by atoms with Gasteiger partial charge in [-0.25, -0.2) is 9.59 Å². The molecule has 9 heteroatoms. The maximum atomic E-state index is 13.1. The molecule has 1 amide bonds. The van der Waals surface area contributed by atoms with Crippen molar-refractivity contribution in [3.8, 4) is 5.75 Å². The Morgan fingerprint density at radius 1 is 1.18 bits per heavy atom. The van der Waals surface area contributed by atoms with Crippen molar-refractivity contribution in [1.29, 1.82) is 0 Å². The summed E-state index contributed by atoms with van der Waals surface area (Å²) < 4.78 is 54.8. The topological polar surface area (TPSA) is 73.9 Å². The summed E-state index contributed by atoms with van der Waals surface area (Å²) in [5.74, 6) is -0.921. The lowest BCUT2D eigenvalue weighted by molar-refractivity contribution is -0.138. The first-order valence-electron chi connectivity index (χ1n) is 8.93. The van der Waals surface area contributed by atoms with Crippen molar-refractivity contribution in [3.63, 3.8) is 0 Å². The van der Waals surface area contributed by atoms with E-state index in [9.17, 15) is 22.8 Å². The van der Waals surface area contributed by atoms with E-state index >= 15 is 0 Å². The fourth-order valence-electron chi connectivity index (χ4n) is 2.67. The zero-order valence-electron chi connectivity index (χ0n) is 16.2. The van der Waals surface area contributed by atoms with Gasteiger partial charge in [-0.05, 0) is 45.9 Å². The van der Waals surface area contributed by atoms with Crippen LogP contribution in [-0.2, 0) is 15.7 Å². The summed E-state index contributed by atoms with van der Waals surface area (Å²) in [6.07, 6.45) is -4.54. The van der Waals surface area contributed by atoms with Crippen LogP contribution in [0.2, 0.25) is 0 Å². The van der Waals surface area contributed by atoms with Crippen LogP contribution >= 0.6 is 0 Å². The zero-order chi connectivity index (χ0) is 21.1. The van der Waals surface area contributed by atoms with Crippen molar-refractivity contribution < 1.29 is 37.0 Å². The highest BCUT2D eigenvalue weighted by molar-refractivity contribution is 5.91. The fourth-order valence-corrected chi connectivity index (χ4v) is 2.67. The number of nitrogens with one attached hydrogen (secondary N) is 1. The minimum absolute atomic E-state index is 0.0398. The minimum atomic E-state index is -4.68. The van der Waals surface area contributed by atoms with Gasteiger partial charge in [-0.1, -0.05) is 0 Å². The largest absolute Gasteiger partial charge is 0.490 e. The molecular weight excluding hydrogens is 379 g/mol. The molecule has 0 aromatic heterocycles. The quantitative estimate of drug-likeness (QED) is 0.742. The summed E-state index contributed by atoms with van der Waals surface area (Å²) in [7, 11) is 0. The third-order valence-electron chi connectivity index (χ3n) is 3.91. The van der Waals surface area contributed by atoms with E-state index in [-0.39, 0.29) is 24.5 Å². The smallest absolute Gasteiger partial charge is 0.417 e. The second-order valence-corrected chi connectivity index (χ2v) is 7.48. The van der Waals surface area contributed by atoms with E-state index in [0.717, 1.165) is 12.1 Å². The van der Waals surface area contributed by atoms with Crippen LogP contribution < -0.4 is 10.1 Å². The lowest BCUT2D eigenvalue weighted by atomic mass is 9.89. The van der Waals surface area contributed by atoms with Gasteiger partial charge in [-0.15, -0.1) is 0 Å². The highest BCUT2D eigenvalue weighted by Crippen LogP contribution is 2.35. The Labute approximate surface area is 161 Å². The summed E-state index contributed by atoms with van der Waals surface area (Å²) in [5, 5.41) is 2.70. The Balaban J connectivity index is 1.98. The fraction of sp³-hybridized carbons (Fsp3) is 0.579. The number of hydrogen-bond donors (Lipinski definition) is 1. The van der Waals surface area contributed by atoms with Gasteiger partial charge in [0.1, 0.15) is 17.5 Å². The summed E-state index contributed by atoms with van der Waals surface area (Å²) >= 11 is 0. The molecule has 0 heterocycles. The van der Waals surface area contributed by atoms with Gasteiger partial charge in [0.15, 0.2) is 0 Å². The normalized spacial score (nSPS) is 19.4. The van der Waals surface area contributed by atoms with Crippen LogP contribution in [0, 0.1) is 0 Å². The first-order valence-corrected chi connectivity index (χ1v) is 8.93. The average Bonchev–Trinajstić information content (AvgIpc) is 2.50. The number of rotatable bonds is 5. The van der Waals surface area contributed by atoms with Crippen LogP contribution in [0.4, 0.5) is 18.0 Å². The lowest BCUT2D eigenvalue weighted by Gasteiger charge is -2.36. The number of alkyl carbamates (subject to hydrolysis) is 1. The predicted molar refractivity (Wildman–Crippen MR) is 94.2 cm³/mol. The molecule has 1 aromatic carbocycles. The molecule has 156 valence electrons. The second-order valence-electron chi connectivity index (χ2n) is 7.48. The van der Waals surface area contributed by atoms with Crippen molar-refractivity contribution in [2.45, 2.75) is 64.5 Å². The molecule has 1 N–H and O–H groups in total. The summed E-state index contributed by atoms with van der Waals surface area (Å²) in [6.45, 7) is 6.74. The third kappa shape index (κ3) is 6.03. The number of benzene rings is 1. The highest BCUT2D eigenvalue weighted by Gasteiger charge is 2.37. The molecule has 28 heavy (non-hydrogen) atoms. The maximum Gasteiger partial charge on any atom is 0.417 e. The summed E-state index contributed by atoms with van der Waals surface area (Å²) in [6, 6.07) is 2.87. The molecule has 1 saturated carbocycles.